The van der Waals surface area contributed by atoms with Crippen molar-refractivity contribution in [1.29, 1.82) is 0 Å². The highest BCUT2D eigenvalue weighted by Gasteiger charge is 2.17. The van der Waals surface area contributed by atoms with E-state index in [0.29, 0.717) is 12.1 Å². The van der Waals surface area contributed by atoms with E-state index in [9.17, 15) is 4.79 Å². The lowest BCUT2D eigenvalue weighted by molar-refractivity contribution is 0.0952. The molecule has 7 heteroatoms. The van der Waals surface area contributed by atoms with Gasteiger partial charge in [0.1, 0.15) is 5.15 Å². The average Bonchev–Trinajstić information content (AvgIpc) is 2.77. The van der Waals surface area contributed by atoms with Crippen LogP contribution in [0, 0.1) is 0 Å². The van der Waals surface area contributed by atoms with Crippen LogP contribution in [0.25, 0.3) is 10.9 Å². The minimum absolute atomic E-state index is 0.191. The van der Waals surface area contributed by atoms with Gasteiger partial charge in [0.05, 0.1) is 16.1 Å². The maximum Gasteiger partial charge on any atom is 0.252 e. The van der Waals surface area contributed by atoms with E-state index in [1.807, 2.05) is 6.07 Å². The molecule has 0 fully saturated rings. The molecule has 30 heavy (non-hydrogen) atoms. The summed E-state index contributed by atoms with van der Waals surface area (Å²) in [6.07, 6.45) is 7.84. The third-order valence-corrected chi connectivity index (χ3v) is 6.10. The number of anilines is 1. The molecule has 0 saturated heterocycles. The summed E-state index contributed by atoms with van der Waals surface area (Å²) in [5.41, 5.74) is 5.33. The fraction of sp³-hybridized carbons (Fsp3) is 0.348. The topological polar surface area (TPSA) is 66.9 Å². The van der Waals surface area contributed by atoms with E-state index in [1.165, 1.54) is 47.4 Å². The molecule has 5 nitrogen and oxygen atoms in total. The molecule has 3 aromatic rings. The van der Waals surface area contributed by atoms with Crippen LogP contribution in [-0.2, 0) is 12.8 Å². The van der Waals surface area contributed by atoms with Gasteiger partial charge >= 0.3 is 0 Å². The Labute approximate surface area is 186 Å². The predicted octanol–water partition coefficient (Wildman–Crippen LogP) is 5.44. The first-order valence-corrected chi connectivity index (χ1v) is 11.1. The first-order chi connectivity index (χ1) is 14.6. The van der Waals surface area contributed by atoms with Gasteiger partial charge in [0.25, 0.3) is 5.91 Å². The number of aromatic nitrogens is 2. The van der Waals surface area contributed by atoms with E-state index in [2.05, 4.69) is 33.8 Å². The molecule has 1 aliphatic carbocycles. The number of pyridine rings is 2. The van der Waals surface area contributed by atoms with Gasteiger partial charge in [-0.3, -0.25) is 9.78 Å². The summed E-state index contributed by atoms with van der Waals surface area (Å²) in [4.78, 5) is 21.0. The van der Waals surface area contributed by atoms with Gasteiger partial charge in [0.15, 0.2) is 0 Å². The number of rotatable bonds is 7. The molecule has 0 saturated carbocycles. The number of halogens is 2. The van der Waals surface area contributed by atoms with Crippen LogP contribution in [0.15, 0.2) is 36.5 Å². The number of aryl methyl sites for hydroxylation is 1. The fourth-order valence-electron chi connectivity index (χ4n) is 3.89. The molecule has 2 N–H and O–H groups in total. The highest BCUT2D eigenvalue weighted by atomic mass is 35.5. The Kier molecular flexibility index (Phi) is 6.70. The Morgan fingerprint density at radius 1 is 1.07 bits per heavy atom. The van der Waals surface area contributed by atoms with Gasteiger partial charge in [-0.05, 0) is 56.2 Å². The normalized spacial score (nSPS) is 13.1. The lowest BCUT2D eigenvalue weighted by atomic mass is 9.92. The molecule has 156 valence electrons. The average molecular weight is 443 g/mol. The summed E-state index contributed by atoms with van der Waals surface area (Å²) in [5.74, 6) is -0.191. The Bertz CT molecular complexity index is 1070. The van der Waals surface area contributed by atoms with Crippen LogP contribution in [0.1, 0.15) is 47.3 Å². The van der Waals surface area contributed by atoms with Crippen LogP contribution in [0.5, 0.6) is 0 Å². The zero-order valence-electron chi connectivity index (χ0n) is 16.7. The van der Waals surface area contributed by atoms with Crippen molar-refractivity contribution in [2.24, 2.45) is 0 Å². The lowest BCUT2D eigenvalue weighted by Crippen LogP contribution is -2.25. The Morgan fingerprint density at radius 2 is 1.87 bits per heavy atom. The smallest absolute Gasteiger partial charge is 0.252 e. The number of benzene rings is 1. The molecule has 1 amide bonds. The van der Waals surface area contributed by atoms with Crippen LogP contribution in [-0.4, -0.2) is 29.0 Å². The summed E-state index contributed by atoms with van der Waals surface area (Å²) < 4.78 is 0. The van der Waals surface area contributed by atoms with Crippen molar-refractivity contribution in [2.75, 3.05) is 18.4 Å². The second-order valence-electron chi connectivity index (χ2n) is 7.52. The molecule has 0 spiro atoms. The fourth-order valence-corrected chi connectivity index (χ4v) is 4.16. The third-order valence-electron chi connectivity index (χ3n) is 5.42. The highest BCUT2D eigenvalue weighted by Crippen LogP contribution is 2.33. The van der Waals surface area contributed by atoms with Gasteiger partial charge in [0.2, 0.25) is 0 Å². The number of carbonyl (C=O) groups excluding carboxylic acids is 1. The van der Waals surface area contributed by atoms with Crippen molar-refractivity contribution in [3.63, 3.8) is 0 Å². The molecule has 0 aliphatic heterocycles. The number of hydrogen-bond donors (Lipinski definition) is 2. The molecular weight excluding hydrogens is 419 g/mol. The highest BCUT2D eigenvalue weighted by molar-refractivity contribution is 6.41. The van der Waals surface area contributed by atoms with E-state index < -0.39 is 0 Å². The second-order valence-corrected chi connectivity index (χ2v) is 8.29. The SMILES string of the molecule is O=C(NCCCCNc1c2c(nc3ccccc13)CCCC2)c1cnc(Cl)c(Cl)c1. The van der Waals surface area contributed by atoms with Crippen LogP contribution in [0.3, 0.4) is 0 Å². The summed E-state index contributed by atoms with van der Waals surface area (Å²) in [7, 11) is 0. The number of nitrogens with zero attached hydrogens (tertiary/aromatic N) is 2. The zero-order chi connectivity index (χ0) is 20.9. The molecule has 4 rings (SSSR count). The number of carbonyl (C=O) groups is 1. The van der Waals surface area contributed by atoms with Crippen LogP contribution < -0.4 is 10.6 Å². The summed E-state index contributed by atoms with van der Waals surface area (Å²) >= 11 is 11.7. The van der Waals surface area contributed by atoms with Gasteiger partial charge in [-0.15, -0.1) is 0 Å². The van der Waals surface area contributed by atoms with Crippen LogP contribution >= 0.6 is 23.2 Å². The van der Waals surface area contributed by atoms with Gasteiger partial charge in [-0.2, -0.15) is 0 Å². The van der Waals surface area contributed by atoms with Gasteiger partial charge < -0.3 is 10.6 Å². The van der Waals surface area contributed by atoms with Crippen molar-refractivity contribution < 1.29 is 4.79 Å². The lowest BCUT2D eigenvalue weighted by Gasteiger charge is -2.21. The molecule has 0 radical (unpaired) electrons. The number of para-hydroxylation sites is 1. The second kappa shape index (κ2) is 9.63. The predicted molar refractivity (Wildman–Crippen MR) is 123 cm³/mol. The van der Waals surface area contributed by atoms with Crippen molar-refractivity contribution in [3.8, 4) is 0 Å². The van der Waals surface area contributed by atoms with Crippen LogP contribution in [0.4, 0.5) is 5.69 Å². The van der Waals surface area contributed by atoms with Gasteiger partial charge in [-0.1, -0.05) is 41.4 Å². The monoisotopic (exact) mass is 442 g/mol. The first kappa shape index (κ1) is 20.9. The molecule has 0 bridgehead atoms. The van der Waals surface area contributed by atoms with E-state index >= 15 is 0 Å². The molecule has 2 aromatic heterocycles. The number of amides is 1. The zero-order valence-corrected chi connectivity index (χ0v) is 18.2. The number of hydrogen-bond acceptors (Lipinski definition) is 4. The number of nitrogens with one attached hydrogen (secondary N) is 2. The maximum absolute atomic E-state index is 12.2. The summed E-state index contributed by atoms with van der Waals surface area (Å²) in [6, 6.07) is 9.87. The summed E-state index contributed by atoms with van der Waals surface area (Å²) in [6.45, 7) is 1.45. The Morgan fingerprint density at radius 3 is 2.73 bits per heavy atom. The van der Waals surface area contributed by atoms with Crippen molar-refractivity contribution in [1.82, 2.24) is 15.3 Å². The van der Waals surface area contributed by atoms with E-state index in [0.717, 1.165) is 37.7 Å². The van der Waals surface area contributed by atoms with E-state index in [1.54, 1.807) is 0 Å². The molecular formula is C23H24Cl2N4O. The first-order valence-electron chi connectivity index (χ1n) is 10.4. The molecule has 0 unspecified atom stereocenters. The third kappa shape index (κ3) is 4.68. The Balaban J connectivity index is 1.31. The maximum atomic E-state index is 12.2. The van der Waals surface area contributed by atoms with Crippen molar-refractivity contribution in [3.05, 3.63) is 63.5 Å². The minimum atomic E-state index is -0.191. The van der Waals surface area contributed by atoms with Gasteiger partial charge in [-0.25, -0.2) is 4.98 Å². The number of unbranched alkanes of at least 4 members (excludes halogenated alkanes) is 1. The minimum Gasteiger partial charge on any atom is -0.384 e. The van der Waals surface area contributed by atoms with Gasteiger partial charge in [0, 0.05) is 36.1 Å². The van der Waals surface area contributed by atoms with E-state index in [-0.39, 0.29) is 16.1 Å². The molecule has 1 aliphatic rings. The number of fused-ring (bicyclic) bond motifs is 2. The quantitative estimate of drug-likeness (QED) is 0.377. The standard InChI is InChI=1S/C23H24Cl2N4O/c24-18-13-15(14-28-22(18)25)23(30)27-12-6-5-11-26-21-16-7-1-3-9-19(16)29-20-10-4-2-8-17(20)21/h1,3,7,9,13-14H,2,4-6,8,10-12H2,(H,26,29)(H,27,30). The van der Waals surface area contributed by atoms with Crippen molar-refractivity contribution in [2.45, 2.75) is 38.5 Å². The largest absolute Gasteiger partial charge is 0.384 e. The van der Waals surface area contributed by atoms with Crippen LogP contribution in [0.2, 0.25) is 10.2 Å². The molecule has 0 atom stereocenters. The molecule has 2 heterocycles. The van der Waals surface area contributed by atoms with Crippen molar-refractivity contribution >= 4 is 45.7 Å². The summed E-state index contributed by atoms with van der Waals surface area (Å²) in [5, 5.41) is 8.23. The van der Waals surface area contributed by atoms with E-state index in [4.69, 9.17) is 28.2 Å². The Hall–Kier alpha value is -2.37. The molecule has 1 aromatic carbocycles.